The van der Waals surface area contributed by atoms with Crippen LogP contribution in [0.15, 0.2) is 36.4 Å². The van der Waals surface area contributed by atoms with Crippen LogP contribution in [0.2, 0.25) is 0 Å². The zero-order valence-corrected chi connectivity index (χ0v) is 15.8. The second-order valence-corrected chi connectivity index (χ2v) is 8.67. The first-order valence-corrected chi connectivity index (χ1v) is 10.1. The van der Waals surface area contributed by atoms with Gasteiger partial charge in [0.05, 0.1) is 5.56 Å². The highest BCUT2D eigenvalue weighted by Crippen LogP contribution is 2.48. The van der Waals surface area contributed by atoms with E-state index in [4.69, 9.17) is 0 Å². The fourth-order valence-electron chi connectivity index (χ4n) is 5.25. The van der Waals surface area contributed by atoms with Gasteiger partial charge in [-0.2, -0.15) is 0 Å². The van der Waals surface area contributed by atoms with Gasteiger partial charge in [0.2, 0.25) is 0 Å². The van der Waals surface area contributed by atoms with E-state index < -0.39 is 11.6 Å². The molecule has 0 aromatic heterocycles. The molecular formula is C24H28F2. The van der Waals surface area contributed by atoms with E-state index >= 15 is 0 Å². The maximum absolute atomic E-state index is 14.8. The molecule has 2 aliphatic carbocycles. The van der Waals surface area contributed by atoms with Crippen LogP contribution in [0.1, 0.15) is 62.5 Å². The minimum Gasteiger partial charge on any atom is -0.206 e. The van der Waals surface area contributed by atoms with Gasteiger partial charge in [-0.3, -0.25) is 0 Å². The Bertz CT molecular complexity index is 754. The number of hydrogen-bond acceptors (Lipinski definition) is 0. The third-order valence-electron chi connectivity index (χ3n) is 6.75. The fourth-order valence-corrected chi connectivity index (χ4v) is 5.25. The molecule has 26 heavy (non-hydrogen) atoms. The minimum absolute atomic E-state index is 0.105. The molecule has 4 atom stereocenters. The van der Waals surface area contributed by atoms with Crippen molar-refractivity contribution in [2.24, 2.45) is 17.8 Å². The van der Waals surface area contributed by atoms with E-state index in [-0.39, 0.29) is 5.56 Å². The highest BCUT2D eigenvalue weighted by molar-refractivity contribution is 5.65. The lowest BCUT2D eigenvalue weighted by Crippen LogP contribution is -2.29. The lowest BCUT2D eigenvalue weighted by atomic mass is 9.64. The first kappa shape index (κ1) is 17.7. The summed E-state index contributed by atoms with van der Waals surface area (Å²) in [6.07, 6.45) is 7.31. The van der Waals surface area contributed by atoms with Crippen molar-refractivity contribution in [3.63, 3.8) is 0 Å². The molecule has 0 radical (unpaired) electrons. The third kappa shape index (κ3) is 3.43. The van der Waals surface area contributed by atoms with Gasteiger partial charge in [-0.25, -0.2) is 8.78 Å². The lowest BCUT2D eigenvalue weighted by Gasteiger charge is -2.41. The Morgan fingerprint density at radius 1 is 0.808 bits per heavy atom. The molecule has 0 aliphatic heterocycles. The first-order valence-electron chi connectivity index (χ1n) is 10.1. The zero-order valence-electron chi connectivity index (χ0n) is 15.8. The molecule has 4 unspecified atom stereocenters. The van der Waals surface area contributed by atoms with Crippen molar-refractivity contribution in [3.05, 3.63) is 59.2 Å². The van der Waals surface area contributed by atoms with E-state index in [1.807, 2.05) is 19.1 Å². The van der Waals surface area contributed by atoms with Crippen LogP contribution in [0.3, 0.4) is 0 Å². The van der Waals surface area contributed by atoms with Gasteiger partial charge in [0.25, 0.3) is 0 Å². The summed E-state index contributed by atoms with van der Waals surface area (Å²) in [4.78, 5) is 0. The highest BCUT2D eigenvalue weighted by Gasteiger charge is 2.35. The Labute approximate surface area is 155 Å². The second kappa shape index (κ2) is 7.13. The Hall–Kier alpha value is -1.70. The van der Waals surface area contributed by atoms with E-state index in [9.17, 15) is 8.78 Å². The normalized spacial score (nSPS) is 28.6. The van der Waals surface area contributed by atoms with Gasteiger partial charge in [0.1, 0.15) is 11.6 Å². The van der Waals surface area contributed by atoms with Crippen LogP contribution in [0, 0.1) is 36.3 Å². The van der Waals surface area contributed by atoms with Gasteiger partial charge in [-0.1, -0.05) is 43.2 Å². The average molecular weight is 354 g/mol. The summed E-state index contributed by atoms with van der Waals surface area (Å²) in [6.45, 7) is 4.33. The molecule has 2 fully saturated rings. The Balaban J connectivity index is 1.58. The summed E-state index contributed by atoms with van der Waals surface area (Å²) in [5.41, 5.74) is 2.66. The summed E-state index contributed by atoms with van der Waals surface area (Å²) < 4.78 is 29.6. The Kier molecular flexibility index (Phi) is 4.86. The van der Waals surface area contributed by atoms with Crippen molar-refractivity contribution in [3.8, 4) is 11.1 Å². The Morgan fingerprint density at radius 2 is 1.42 bits per heavy atom. The van der Waals surface area contributed by atoms with Gasteiger partial charge in [0, 0.05) is 0 Å². The van der Waals surface area contributed by atoms with Crippen molar-refractivity contribution in [1.29, 1.82) is 0 Å². The number of benzene rings is 2. The van der Waals surface area contributed by atoms with Gasteiger partial charge in [-0.05, 0) is 86.0 Å². The molecule has 2 aromatic carbocycles. The van der Waals surface area contributed by atoms with Crippen LogP contribution < -0.4 is 0 Å². The molecule has 138 valence electrons. The molecule has 0 saturated heterocycles. The van der Waals surface area contributed by atoms with Crippen molar-refractivity contribution in [2.75, 3.05) is 0 Å². The summed E-state index contributed by atoms with van der Waals surface area (Å²) in [5, 5.41) is 0. The number of rotatable bonds is 2. The first-order chi connectivity index (χ1) is 12.5. The topological polar surface area (TPSA) is 0 Å². The zero-order chi connectivity index (χ0) is 18.3. The molecule has 2 aliphatic rings. The molecule has 4 rings (SSSR count). The molecule has 0 heterocycles. The van der Waals surface area contributed by atoms with Crippen molar-refractivity contribution >= 4 is 0 Å². The van der Waals surface area contributed by atoms with Crippen LogP contribution in [-0.4, -0.2) is 0 Å². The van der Waals surface area contributed by atoms with Crippen molar-refractivity contribution in [2.45, 2.75) is 58.3 Å². The smallest absolute Gasteiger partial charge is 0.134 e. The minimum atomic E-state index is -0.428. The molecule has 2 saturated carbocycles. The molecular weight excluding hydrogens is 326 g/mol. The van der Waals surface area contributed by atoms with Gasteiger partial charge >= 0.3 is 0 Å². The van der Waals surface area contributed by atoms with Crippen LogP contribution >= 0.6 is 0 Å². The summed E-state index contributed by atoms with van der Waals surface area (Å²) in [5.74, 6) is 1.87. The molecule has 0 nitrogen and oxygen atoms in total. The highest BCUT2D eigenvalue weighted by atomic mass is 19.1. The molecule has 0 N–H and O–H groups in total. The maximum atomic E-state index is 14.8. The third-order valence-corrected chi connectivity index (χ3v) is 6.75. The number of halogens is 2. The molecule has 2 heteroatoms. The average Bonchev–Trinajstić information content (AvgIpc) is 2.62. The van der Waals surface area contributed by atoms with Gasteiger partial charge in [0.15, 0.2) is 0 Å². The van der Waals surface area contributed by atoms with E-state index in [0.717, 1.165) is 41.7 Å². The quantitative estimate of drug-likeness (QED) is 0.532. The Morgan fingerprint density at radius 3 is 2.12 bits per heavy atom. The molecule has 2 aromatic rings. The molecule has 0 amide bonds. The van der Waals surface area contributed by atoms with Crippen LogP contribution in [0.25, 0.3) is 11.1 Å². The van der Waals surface area contributed by atoms with E-state index in [2.05, 4.69) is 6.92 Å². The van der Waals surface area contributed by atoms with E-state index in [0.29, 0.717) is 11.5 Å². The van der Waals surface area contributed by atoms with Crippen molar-refractivity contribution in [1.82, 2.24) is 0 Å². The van der Waals surface area contributed by atoms with Gasteiger partial charge < -0.3 is 0 Å². The second-order valence-electron chi connectivity index (χ2n) is 8.67. The van der Waals surface area contributed by atoms with Crippen LogP contribution in [0.4, 0.5) is 8.78 Å². The predicted molar refractivity (Wildman–Crippen MR) is 103 cm³/mol. The molecule has 0 spiro atoms. The maximum Gasteiger partial charge on any atom is 0.134 e. The summed E-state index contributed by atoms with van der Waals surface area (Å²) in [6, 6.07) is 10.6. The van der Waals surface area contributed by atoms with Crippen LogP contribution in [0.5, 0.6) is 0 Å². The number of fused-ring (bicyclic) bond motifs is 1. The van der Waals surface area contributed by atoms with Crippen molar-refractivity contribution < 1.29 is 8.78 Å². The SMILES string of the molecule is Cc1ccc(-c2c(F)cc(C3CCC4CC(C)CCC4C3)cc2F)cc1. The van der Waals surface area contributed by atoms with E-state index in [1.54, 1.807) is 24.3 Å². The number of aryl methyl sites for hydroxylation is 1. The largest absolute Gasteiger partial charge is 0.206 e. The summed E-state index contributed by atoms with van der Waals surface area (Å²) >= 11 is 0. The summed E-state index contributed by atoms with van der Waals surface area (Å²) in [7, 11) is 0. The van der Waals surface area contributed by atoms with E-state index in [1.165, 1.54) is 25.7 Å². The lowest BCUT2D eigenvalue weighted by molar-refractivity contribution is 0.124. The van der Waals surface area contributed by atoms with Crippen LogP contribution in [-0.2, 0) is 0 Å². The predicted octanol–water partition coefficient (Wildman–Crippen LogP) is 7.26. The fraction of sp³-hybridized carbons (Fsp3) is 0.500. The standard InChI is InChI=1S/C24H28F2/c1-15-3-6-17(7-4-15)24-22(25)13-21(14-23(24)26)20-10-9-18-11-16(2)5-8-19(18)12-20/h3-4,6-7,13-14,16,18-20H,5,8-12H2,1-2H3. The molecule has 0 bridgehead atoms. The number of hydrogen-bond donors (Lipinski definition) is 0. The monoisotopic (exact) mass is 354 g/mol. The van der Waals surface area contributed by atoms with Gasteiger partial charge in [-0.15, -0.1) is 0 Å².